The van der Waals surface area contributed by atoms with Crippen LogP contribution in [0.3, 0.4) is 0 Å². The van der Waals surface area contributed by atoms with Gasteiger partial charge in [0.1, 0.15) is 0 Å². The van der Waals surface area contributed by atoms with Gasteiger partial charge in [0.2, 0.25) is 0 Å². The van der Waals surface area contributed by atoms with Crippen molar-refractivity contribution in [3.8, 4) is 0 Å². The predicted molar refractivity (Wildman–Crippen MR) is 78.6 cm³/mol. The molecule has 0 amide bonds. The van der Waals surface area contributed by atoms with E-state index < -0.39 is 36.8 Å². The van der Waals surface area contributed by atoms with Gasteiger partial charge >= 0.3 is 18.5 Å². The summed E-state index contributed by atoms with van der Waals surface area (Å²) in [6.45, 7) is 4.31. The van der Waals surface area contributed by atoms with Gasteiger partial charge in [0.05, 0.1) is 6.10 Å². The predicted octanol–water partition coefficient (Wildman–Crippen LogP) is 7.21. The van der Waals surface area contributed by atoms with Gasteiger partial charge in [0.25, 0.3) is 5.41 Å². The molecule has 0 saturated heterocycles. The summed E-state index contributed by atoms with van der Waals surface area (Å²) in [6.07, 6.45) is -19.1. The first kappa shape index (κ1) is 25.3. The Hall–Kier alpha value is -0.670. The fourth-order valence-corrected chi connectivity index (χ4v) is 2.60. The van der Waals surface area contributed by atoms with Crippen molar-refractivity contribution in [2.45, 2.75) is 89.8 Å². The lowest BCUT2D eigenvalue weighted by atomic mass is 9.80. The topological polar surface area (TPSA) is 9.23 Å². The van der Waals surface area contributed by atoms with Crippen molar-refractivity contribution in [1.29, 1.82) is 0 Å². The van der Waals surface area contributed by atoms with E-state index in [1.54, 1.807) is 0 Å². The first-order chi connectivity index (χ1) is 11.7. The SMILES string of the molecule is CC(C)OCCCCCCCCCC(C(F)(F)F)(C(F)(F)F)C(F)(F)F. The third-order valence-corrected chi connectivity index (χ3v) is 4.10. The second kappa shape index (κ2) is 10.0. The molecule has 0 N–H and O–H groups in total. The van der Waals surface area contributed by atoms with E-state index in [1.807, 2.05) is 13.8 Å². The van der Waals surface area contributed by atoms with Crippen LogP contribution in [0, 0.1) is 5.41 Å². The Morgan fingerprint density at radius 3 is 1.27 bits per heavy atom. The van der Waals surface area contributed by atoms with Crippen molar-refractivity contribution < 1.29 is 44.3 Å². The second-order valence-electron chi connectivity index (χ2n) is 6.54. The Balaban J connectivity index is 4.42. The minimum Gasteiger partial charge on any atom is -0.379 e. The van der Waals surface area contributed by atoms with Crippen molar-refractivity contribution in [3.05, 3.63) is 0 Å². The van der Waals surface area contributed by atoms with Crippen LogP contribution in [0.5, 0.6) is 0 Å². The number of unbranched alkanes of at least 4 members (excludes halogenated alkanes) is 6. The van der Waals surface area contributed by atoms with E-state index in [4.69, 9.17) is 4.74 Å². The van der Waals surface area contributed by atoms with Gasteiger partial charge in [-0.15, -0.1) is 0 Å². The summed E-state index contributed by atoms with van der Waals surface area (Å²) < 4.78 is 120. The molecule has 26 heavy (non-hydrogen) atoms. The van der Waals surface area contributed by atoms with Crippen LogP contribution in [-0.2, 0) is 4.74 Å². The van der Waals surface area contributed by atoms with E-state index in [9.17, 15) is 39.5 Å². The number of rotatable bonds is 11. The van der Waals surface area contributed by atoms with Gasteiger partial charge < -0.3 is 4.74 Å². The van der Waals surface area contributed by atoms with Gasteiger partial charge in [0.15, 0.2) is 0 Å². The average Bonchev–Trinajstić information content (AvgIpc) is 2.39. The van der Waals surface area contributed by atoms with Crippen molar-refractivity contribution in [2.75, 3.05) is 6.61 Å². The number of alkyl halides is 9. The molecule has 0 rings (SSSR count). The molecule has 0 fully saturated rings. The fourth-order valence-electron chi connectivity index (χ4n) is 2.60. The summed E-state index contributed by atoms with van der Waals surface area (Å²) in [5.41, 5.74) is -5.67. The molecule has 0 aliphatic carbocycles. The van der Waals surface area contributed by atoms with E-state index in [0.29, 0.717) is 19.4 Å². The van der Waals surface area contributed by atoms with Crippen LogP contribution < -0.4 is 0 Å². The Kier molecular flexibility index (Phi) is 9.77. The van der Waals surface area contributed by atoms with Crippen LogP contribution in [0.25, 0.3) is 0 Å². The van der Waals surface area contributed by atoms with Crippen LogP contribution in [0.1, 0.15) is 65.2 Å². The zero-order valence-corrected chi connectivity index (χ0v) is 14.8. The number of ether oxygens (including phenoxy) is 1. The highest BCUT2D eigenvalue weighted by molar-refractivity contribution is 4.99. The quantitative estimate of drug-likeness (QED) is 0.261. The standard InChI is InChI=1S/C16H25F9O/c1-12(2)26-11-9-7-5-3-4-6-8-10-13(14(17,18)19,15(20,21)22)16(23,24)25/h12H,3-11H2,1-2H3. The van der Waals surface area contributed by atoms with Gasteiger partial charge in [-0.1, -0.05) is 38.5 Å². The molecule has 0 aliphatic heterocycles. The fraction of sp³-hybridized carbons (Fsp3) is 1.00. The second-order valence-corrected chi connectivity index (χ2v) is 6.54. The van der Waals surface area contributed by atoms with Crippen LogP contribution in [0.15, 0.2) is 0 Å². The first-order valence-electron chi connectivity index (χ1n) is 8.48. The molecular formula is C16H25F9O. The highest BCUT2D eigenvalue weighted by atomic mass is 19.4. The minimum absolute atomic E-state index is 0.103. The smallest absolute Gasteiger partial charge is 0.379 e. The van der Waals surface area contributed by atoms with E-state index in [-0.39, 0.29) is 18.9 Å². The average molecular weight is 404 g/mol. The van der Waals surface area contributed by atoms with Gasteiger partial charge in [0, 0.05) is 6.61 Å². The molecule has 158 valence electrons. The number of halogens is 9. The molecule has 0 unspecified atom stereocenters. The largest absolute Gasteiger partial charge is 0.412 e. The van der Waals surface area contributed by atoms with Gasteiger partial charge in [-0.3, -0.25) is 0 Å². The zero-order chi connectivity index (χ0) is 20.6. The maximum absolute atomic E-state index is 12.7. The van der Waals surface area contributed by atoms with Gasteiger partial charge in [-0.05, 0) is 26.7 Å². The summed E-state index contributed by atoms with van der Waals surface area (Å²) in [6, 6.07) is 0. The Morgan fingerprint density at radius 1 is 0.577 bits per heavy atom. The molecular weight excluding hydrogens is 379 g/mol. The lowest BCUT2D eigenvalue weighted by Gasteiger charge is -2.38. The molecule has 0 atom stereocenters. The van der Waals surface area contributed by atoms with Crippen LogP contribution in [0.2, 0.25) is 0 Å². The highest BCUT2D eigenvalue weighted by Gasteiger charge is 2.82. The maximum atomic E-state index is 12.7. The van der Waals surface area contributed by atoms with E-state index in [2.05, 4.69) is 0 Å². The molecule has 10 heteroatoms. The van der Waals surface area contributed by atoms with Crippen LogP contribution in [-0.4, -0.2) is 31.2 Å². The molecule has 0 spiro atoms. The summed E-state index contributed by atoms with van der Waals surface area (Å²) in [7, 11) is 0. The van der Waals surface area contributed by atoms with Crippen molar-refractivity contribution in [2.24, 2.45) is 5.41 Å². The molecule has 1 nitrogen and oxygen atoms in total. The maximum Gasteiger partial charge on any atom is 0.412 e. The molecule has 0 aromatic rings. The van der Waals surface area contributed by atoms with Crippen LogP contribution >= 0.6 is 0 Å². The van der Waals surface area contributed by atoms with Crippen molar-refractivity contribution in [3.63, 3.8) is 0 Å². The molecule has 0 aromatic carbocycles. The monoisotopic (exact) mass is 404 g/mol. The molecule has 0 aliphatic rings. The Bertz CT molecular complexity index is 347. The third kappa shape index (κ3) is 7.15. The number of hydrogen-bond acceptors (Lipinski definition) is 1. The Morgan fingerprint density at radius 2 is 0.923 bits per heavy atom. The normalized spacial score (nSPS) is 14.3. The first-order valence-corrected chi connectivity index (χ1v) is 8.48. The van der Waals surface area contributed by atoms with E-state index >= 15 is 0 Å². The molecule has 0 heterocycles. The van der Waals surface area contributed by atoms with Crippen molar-refractivity contribution in [1.82, 2.24) is 0 Å². The van der Waals surface area contributed by atoms with Crippen molar-refractivity contribution >= 4 is 0 Å². The summed E-state index contributed by atoms with van der Waals surface area (Å²) in [5, 5.41) is 0. The Labute approximate surface area is 147 Å². The van der Waals surface area contributed by atoms with E-state index in [0.717, 1.165) is 12.8 Å². The molecule has 0 saturated carbocycles. The highest BCUT2D eigenvalue weighted by Crippen LogP contribution is 2.61. The molecule has 0 aromatic heterocycles. The third-order valence-electron chi connectivity index (χ3n) is 4.10. The summed E-state index contributed by atoms with van der Waals surface area (Å²) in [5.74, 6) is 0. The van der Waals surface area contributed by atoms with Crippen LogP contribution in [0.4, 0.5) is 39.5 Å². The summed E-state index contributed by atoms with van der Waals surface area (Å²) in [4.78, 5) is 0. The number of hydrogen-bond donors (Lipinski definition) is 0. The lowest BCUT2D eigenvalue weighted by Crippen LogP contribution is -2.59. The van der Waals surface area contributed by atoms with Gasteiger partial charge in [-0.25, -0.2) is 0 Å². The summed E-state index contributed by atoms with van der Waals surface area (Å²) >= 11 is 0. The lowest BCUT2D eigenvalue weighted by molar-refractivity contribution is -0.429. The minimum atomic E-state index is -6.44. The molecule has 0 bridgehead atoms. The molecule has 0 radical (unpaired) electrons. The zero-order valence-electron chi connectivity index (χ0n) is 14.8. The van der Waals surface area contributed by atoms with Gasteiger partial charge in [-0.2, -0.15) is 39.5 Å². The van der Waals surface area contributed by atoms with E-state index in [1.165, 1.54) is 0 Å².